The summed E-state index contributed by atoms with van der Waals surface area (Å²) in [6.07, 6.45) is 2.29. The van der Waals surface area contributed by atoms with E-state index in [1.807, 2.05) is 0 Å². The van der Waals surface area contributed by atoms with Crippen molar-refractivity contribution >= 4 is 5.91 Å². The molecule has 4 nitrogen and oxygen atoms in total. The monoisotopic (exact) mass is 198 g/mol. The largest absolute Gasteiger partial charge is 0.394 e. The van der Waals surface area contributed by atoms with Gasteiger partial charge in [-0.2, -0.15) is 0 Å². The van der Waals surface area contributed by atoms with Crippen LogP contribution in [0.25, 0.3) is 0 Å². The van der Waals surface area contributed by atoms with Crippen LogP contribution >= 0.6 is 0 Å². The molecular weight excluding hydrogens is 187 g/mol. The number of halogens is 1. The fourth-order valence-corrected chi connectivity index (χ4v) is 0.889. The summed E-state index contributed by atoms with van der Waals surface area (Å²) in [4.78, 5) is 14.9. The molecule has 1 amide bonds. The molecule has 0 bridgehead atoms. The molecule has 0 saturated heterocycles. The Morgan fingerprint density at radius 2 is 2.43 bits per heavy atom. The number of nitrogens with one attached hydrogen (secondary N) is 1. The summed E-state index contributed by atoms with van der Waals surface area (Å²) in [6, 6.07) is 0.734. The maximum atomic E-state index is 12.7. The summed E-state index contributed by atoms with van der Waals surface area (Å²) < 4.78 is 12.7. The number of hydrogen-bond donors (Lipinski definition) is 2. The Labute approximate surface area is 80.8 Å². The number of aliphatic hydroxyl groups excluding tert-OH is 1. The van der Waals surface area contributed by atoms with E-state index in [0.717, 1.165) is 12.3 Å². The van der Waals surface area contributed by atoms with E-state index in [4.69, 9.17) is 5.11 Å². The fraction of sp³-hybridized carbons (Fsp3) is 0.333. The highest BCUT2D eigenvalue weighted by Crippen LogP contribution is 2.00. The summed E-state index contributed by atoms with van der Waals surface area (Å²) in [5.74, 6) is -1.01. The molecule has 0 saturated carbocycles. The van der Waals surface area contributed by atoms with Crippen LogP contribution in [0.2, 0.25) is 0 Å². The first kappa shape index (κ1) is 10.6. The minimum atomic E-state index is -0.561. The zero-order chi connectivity index (χ0) is 10.6. The van der Waals surface area contributed by atoms with Crippen LogP contribution in [-0.4, -0.2) is 28.6 Å². The average molecular weight is 198 g/mol. The number of hydrogen-bond acceptors (Lipinski definition) is 3. The number of aromatic nitrogens is 1. The number of aliphatic hydroxyl groups is 1. The maximum absolute atomic E-state index is 12.7. The van der Waals surface area contributed by atoms with Gasteiger partial charge < -0.3 is 10.4 Å². The molecule has 76 valence electrons. The van der Waals surface area contributed by atoms with Crippen LogP contribution in [0.3, 0.4) is 0 Å². The van der Waals surface area contributed by atoms with E-state index in [1.165, 1.54) is 6.20 Å². The van der Waals surface area contributed by atoms with E-state index >= 15 is 0 Å². The quantitative estimate of drug-likeness (QED) is 0.735. The zero-order valence-electron chi connectivity index (χ0n) is 7.70. The van der Waals surface area contributed by atoms with Gasteiger partial charge in [-0.15, -0.1) is 0 Å². The molecule has 0 aliphatic rings. The number of pyridine rings is 1. The molecule has 1 atom stereocenters. The minimum Gasteiger partial charge on any atom is -0.394 e. The molecule has 1 aromatic rings. The Morgan fingerprint density at radius 3 is 3.00 bits per heavy atom. The van der Waals surface area contributed by atoms with E-state index in [2.05, 4.69) is 10.3 Å². The molecular formula is C9H11FN2O2. The molecule has 1 heterocycles. The topological polar surface area (TPSA) is 62.2 Å². The number of carbonyl (C=O) groups is 1. The normalized spacial score (nSPS) is 12.2. The number of rotatable bonds is 3. The molecule has 1 aromatic heterocycles. The van der Waals surface area contributed by atoms with Crippen molar-refractivity contribution in [1.82, 2.24) is 10.3 Å². The van der Waals surface area contributed by atoms with Gasteiger partial charge in [0.1, 0.15) is 5.82 Å². The number of carbonyl (C=O) groups excluding carboxylic acids is 1. The predicted octanol–water partition coefficient (Wildman–Crippen LogP) is 0.331. The van der Waals surface area contributed by atoms with E-state index in [0.29, 0.717) is 0 Å². The summed E-state index contributed by atoms with van der Waals surface area (Å²) >= 11 is 0. The third-order valence-corrected chi connectivity index (χ3v) is 1.62. The lowest BCUT2D eigenvalue weighted by atomic mass is 10.2. The first-order valence-electron chi connectivity index (χ1n) is 4.15. The Morgan fingerprint density at radius 1 is 1.71 bits per heavy atom. The first-order valence-corrected chi connectivity index (χ1v) is 4.15. The lowest BCUT2D eigenvalue weighted by molar-refractivity contribution is 0.0921. The second-order valence-electron chi connectivity index (χ2n) is 2.95. The molecule has 5 heteroatoms. The van der Waals surface area contributed by atoms with Crippen LogP contribution < -0.4 is 5.32 Å². The molecule has 0 aliphatic heterocycles. The lowest BCUT2D eigenvalue weighted by Gasteiger charge is -2.09. The van der Waals surface area contributed by atoms with Crippen molar-refractivity contribution in [2.75, 3.05) is 6.61 Å². The molecule has 2 N–H and O–H groups in total. The Bertz CT molecular complexity index is 330. The zero-order valence-corrected chi connectivity index (χ0v) is 7.70. The van der Waals surface area contributed by atoms with E-state index in [1.54, 1.807) is 6.92 Å². The van der Waals surface area contributed by atoms with E-state index in [-0.39, 0.29) is 18.2 Å². The third kappa shape index (κ3) is 2.77. The van der Waals surface area contributed by atoms with Gasteiger partial charge in [0, 0.05) is 12.2 Å². The highest BCUT2D eigenvalue weighted by molar-refractivity contribution is 5.94. The van der Waals surface area contributed by atoms with Crippen LogP contribution in [-0.2, 0) is 0 Å². The van der Waals surface area contributed by atoms with Gasteiger partial charge in [-0.3, -0.25) is 9.78 Å². The Balaban J connectivity index is 2.70. The standard InChI is InChI=1S/C9H11FN2O2/c1-6(5-13)12-9(14)7-2-8(10)4-11-3-7/h2-4,6,13H,5H2,1H3,(H,12,14). The summed E-state index contributed by atoms with van der Waals surface area (Å²) in [5.41, 5.74) is 0.144. The van der Waals surface area contributed by atoms with E-state index < -0.39 is 11.7 Å². The highest BCUT2D eigenvalue weighted by atomic mass is 19.1. The van der Waals surface area contributed by atoms with Gasteiger partial charge in [-0.1, -0.05) is 0 Å². The van der Waals surface area contributed by atoms with Crippen LogP contribution in [0, 0.1) is 5.82 Å². The first-order chi connectivity index (χ1) is 6.63. The molecule has 1 rings (SSSR count). The second-order valence-corrected chi connectivity index (χ2v) is 2.95. The molecule has 0 aliphatic carbocycles. The Hall–Kier alpha value is -1.49. The molecule has 0 spiro atoms. The van der Waals surface area contributed by atoms with Crippen molar-refractivity contribution in [2.45, 2.75) is 13.0 Å². The summed E-state index contributed by atoms with van der Waals surface area (Å²) in [6.45, 7) is 1.49. The van der Waals surface area contributed by atoms with Crippen molar-refractivity contribution in [3.05, 3.63) is 29.8 Å². The molecule has 0 radical (unpaired) electrons. The molecule has 0 fully saturated rings. The van der Waals surface area contributed by atoms with Crippen LogP contribution in [0.5, 0.6) is 0 Å². The molecule has 14 heavy (non-hydrogen) atoms. The SMILES string of the molecule is CC(CO)NC(=O)c1cncc(F)c1. The smallest absolute Gasteiger partial charge is 0.253 e. The van der Waals surface area contributed by atoms with Crippen molar-refractivity contribution in [2.24, 2.45) is 0 Å². The van der Waals surface area contributed by atoms with Crippen LogP contribution in [0.4, 0.5) is 4.39 Å². The second kappa shape index (κ2) is 4.66. The minimum absolute atomic E-state index is 0.144. The average Bonchev–Trinajstić information content (AvgIpc) is 2.17. The summed E-state index contributed by atoms with van der Waals surface area (Å²) in [5, 5.41) is 11.2. The maximum Gasteiger partial charge on any atom is 0.253 e. The van der Waals surface area contributed by atoms with Gasteiger partial charge in [-0.05, 0) is 13.0 Å². The summed E-state index contributed by atoms with van der Waals surface area (Å²) in [7, 11) is 0. The van der Waals surface area contributed by atoms with Crippen LogP contribution in [0.15, 0.2) is 18.5 Å². The van der Waals surface area contributed by atoms with Crippen molar-refractivity contribution in [1.29, 1.82) is 0 Å². The third-order valence-electron chi connectivity index (χ3n) is 1.62. The number of amides is 1. The van der Waals surface area contributed by atoms with Crippen LogP contribution in [0.1, 0.15) is 17.3 Å². The van der Waals surface area contributed by atoms with Gasteiger partial charge in [0.2, 0.25) is 0 Å². The Kier molecular flexibility index (Phi) is 3.53. The van der Waals surface area contributed by atoms with Crippen molar-refractivity contribution < 1.29 is 14.3 Å². The lowest BCUT2D eigenvalue weighted by Crippen LogP contribution is -2.35. The molecule has 1 unspecified atom stereocenters. The fourth-order valence-electron chi connectivity index (χ4n) is 0.889. The van der Waals surface area contributed by atoms with Gasteiger partial charge in [0.05, 0.1) is 18.4 Å². The molecule has 0 aromatic carbocycles. The van der Waals surface area contributed by atoms with Crippen molar-refractivity contribution in [3.8, 4) is 0 Å². The van der Waals surface area contributed by atoms with E-state index in [9.17, 15) is 9.18 Å². The van der Waals surface area contributed by atoms with Crippen molar-refractivity contribution in [3.63, 3.8) is 0 Å². The number of nitrogens with zero attached hydrogens (tertiary/aromatic N) is 1. The predicted molar refractivity (Wildman–Crippen MR) is 48.2 cm³/mol. The highest BCUT2D eigenvalue weighted by Gasteiger charge is 2.09. The van der Waals surface area contributed by atoms with Gasteiger partial charge in [-0.25, -0.2) is 4.39 Å². The van der Waals surface area contributed by atoms with Gasteiger partial charge in [0.15, 0.2) is 0 Å². The van der Waals surface area contributed by atoms with Gasteiger partial charge in [0.25, 0.3) is 5.91 Å². The van der Waals surface area contributed by atoms with Gasteiger partial charge >= 0.3 is 0 Å².